The third-order valence-electron chi connectivity index (χ3n) is 2.27. The Kier molecular flexibility index (Phi) is 4.68. The van der Waals surface area contributed by atoms with Crippen LogP contribution in [0.4, 0.5) is 0 Å². The van der Waals surface area contributed by atoms with E-state index in [2.05, 4.69) is 36.0 Å². The van der Waals surface area contributed by atoms with E-state index in [1.54, 1.807) is 0 Å². The Labute approximate surface area is 81.1 Å². The van der Waals surface area contributed by atoms with Gasteiger partial charge in [0.2, 0.25) is 0 Å². The average molecular weight is 183 g/mol. The molecular weight excluding hydrogens is 162 g/mol. The number of hydrogen-bond acceptors (Lipinski definition) is 3. The van der Waals surface area contributed by atoms with Crippen molar-refractivity contribution in [1.82, 2.24) is 16.0 Å². The van der Waals surface area contributed by atoms with Crippen LogP contribution < -0.4 is 11.0 Å². The van der Waals surface area contributed by atoms with Gasteiger partial charge in [-0.3, -0.25) is 5.01 Å². The Hall–Kier alpha value is -0.700. The lowest BCUT2D eigenvalue weighted by atomic mass is 10.1. The summed E-state index contributed by atoms with van der Waals surface area (Å²) in [7, 11) is 0. The zero-order chi connectivity index (χ0) is 9.52. The van der Waals surface area contributed by atoms with Gasteiger partial charge in [-0.15, -0.1) is 5.53 Å². The summed E-state index contributed by atoms with van der Waals surface area (Å²) in [4.78, 5) is 0. The number of unbranched alkanes of at least 4 members (excludes halogenated alkanes) is 2. The Balaban J connectivity index is 2.22. The smallest absolute Gasteiger partial charge is 0.0483 e. The second-order valence-electron chi connectivity index (χ2n) is 3.50. The number of nitrogens with zero attached hydrogens (tertiary/aromatic N) is 1. The Morgan fingerprint density at radius 1 is 1.23 bits per heavy atom. The molecule has 0 aromatic carbocycles. The summed E-state index contributed by atoms with van der Waals surface area (Å²) in [5.74, 6) is 0. The molecule has 1 aliphatic heterocycles. The van der Waals surface area contributed by atoms with Crippen molar-refractivity contribution >= 4 is 0 Å². The lowest BCUT2D eigenvalue weighted by Gasteiger charge is -2.20. The van der Waals surface area contributed by atoms with Gasteiger partial charge in [-0.1, -0.05) is 26.7 Å². The fourth-order valence-electron chi connectivity index (χ4n) is 1.53. The second-order valence-corrected chi connectivity index (χ2v) is 3.50. The van der Waals surface area contributed by atoms with Gasteiger partial charge in [0.25, 0.3) is 0 Å². The molecule has 3 nitrogen and oxygen atoms in total. The van der Waals surface area contributed by atoms with Crippen LogP contribution in [0.2, 0.25) is 0 Å². The van der Waals surface area contributed by atoms with Crippen LogP contribution >= 0.6 is 0 Å². The number of rotatable bonds is 6. The normalized spacial score (nSPS) is 15.8. The highest BCUT2D eigenvalue weighted by Gasteiger charge is 2.11. The molecule has 1 heterocycles. The number of hydrazine groups is 2. The van der Waals surface area contributed by atoms with Crippen LogP contribution in [0, 0.1) is 0 Å². The predicted molar refractivity (Wildman–Crippen MR) is 55.5 cm³/mol. The monoisotopic (exact) mass is 183 g/mol. The Morgan fingerprint density at radius 2 is 2.08 bits per heavy atom. The highest BCUT2D eigenvalue weighted by atomic mass is 15.7. The molecule has 76 valence electrons. The molecule has 0 aliphatic carbocycles. The SMILES string of the molecule is CCCCCC1=CNNN1CCC. The van der Waals surface area contributed by atoms with Gasteiger partial charge in [0, 0.05) is 18.4 Å². The maximum atomic E-state index is 3.13. The van der Waals surface area contributed by atoms with Crippen molar-refractivity contribution < 1.29 is 0 Å². The van der Waals surface area contributed by atoms with Gasteiger partial charge in [0.15, 0.2) is 0 Å². The first-order valence-electron chi connectivity index (χ1n) is 5.36. The van der Waals surface area contributed by atoms with Crippen molar-refractivity contribution in [1.29, 1.82) is 0 Å². The van der Waals surface area contributed by atoms with Gasteiger partial charge in [0.1, 0.15) is 0 Å². The molecular formula is C10H21N3. The average Bonchev–Trinajstić information content (AvgIpc) is 2.54. The van der Waals surface area contributed by atoms with Gasteiger partial charge in [0.05, 0.1) is 0 Å². The quantitative estimate of drug-likeness (QED) is 0.618. The maximum Gasteiger partial charge on any atom is 0.0483 e. The second kappa shape index (κ2) is 5.86. The molecule has 0 aromatic rings. The molecule has 0 fully saturated rings. The van der Waals surface area contributed by atoms with E-state index >= 15 is 0 Å². The van der Waals surface area contributed by atoms with Crippen molar-refractivity contribution in [2.24, 2.45) is 0 Å². The maximum absolute atomic E-state index is 3.13. The van der Waals surface area contributed by atoms with E-state index < -0.39 is 0 Å². The molecule has 0 amide bonds. The molecule has 3 heteroatoms. The lowest BCUT2D eigenvalue weighted by molar-refractivity contribution is 0.243. The predicted octanol–water partition coefficient (Wildman–Crippen LogP) is 2.14. The molecule has 0 radical (unpaired) electrons. The van der Waals surface area contributed by atoms with E-state index in [4.69, 9.17) is 0 Å². The first kappa shape index (κ1) is 10.4. The summed E-state index contributed by atoms with van der Waals surface area (Å²) >= 11 is 0. The third-order valence-corrected chi connectivity index (χ3v) is 2.27. The molecule has 0 unspecified atom stereocenters. The van der Waals surface area contributed by atoms with E-state index in [1.165, 1.54) is 37.8 Å². The van der Waals surface area contributed by atoms with Crippen LogP contribution in [0.15, 0.2) is 11.9 Å². The van der Waals surface area contributed by atoms with E-state index in [0.717, 1.165) is 6.54 Å². The third kappa shape index (κ3) is 3.27. The fourth-order valence-corrected chi connectivity index (χ4v) is 1.53. The molecule has 0 bridgehead atoms. The van der Waals surface area contributed by atoms with Crippen LogP contribution in [-0.4, -0.2) is 11.6 Å². The first-order valence-corrected chi connectivity index (χ1v) is 5.36. The van der Waals surface area contributed by atoms with E-state index in [9.17, 15) is 0 Å². The Bertz CT molecular complexity index is 166. The van der Waals surface area contributed by atoms with Crippen LogP contribution in [0.1, 0.15) is 46.0 Å². The summed E-state index contributed by atoms with van der Waals surface area (Å²) in [6.45, 7) is 5.53. The molecule has 0 saturated carbocycles. The van der Waals surface area contributed by atoms with Gasteiger partial charge in [-0.25, -0.2) is 0 Å². The highest BCUT2D eigenvalue weighted by Crippen LogP contribution is 2.13. The molecule has 0 atom stereocenters. The van der Waals surface area contributed by atoms with Crippen molar-refractivity contribution in [3.8, 4) is 0 Å². The zero-order valence-electron chi connectivity index (χ0n) is 8.77. The molecule has 1 rings (SSSR count). The minimum absolute atomic E-state index is 1.09. The standard InChI is InChI=1S/C10H21N3/c1-3-5-6-7-10-9-11-12-13(10)8-4-2/h9,11-12H,3-8H2,1-2H3. The minimum Gasteiger partial charge on any atom is -0.309 e. The van der Waals surface area contributed by atoms with Crippen LogP contribution in [0.5, 0.6) is 0 Å². The number of hydrogen-bond donors (Lipinski definition) is 2. The van der Waals surface area contributed by atoms with E-state index in [-0.39, 0.29) is 0 Å². The minimum atomic E-state index is 1.09. The van der Waals surface area contributed by atoms with Crippen molar-refractivity contribution in [2.75, 3.05) is 6.54 Å². The molecule has 0 saturated heterocycles. The highest BCUT2D eigenvalue weighted by molar-refractivity contribution is 5.02. The number of nitrogens with one attached hydrogen (secondary N) is 2. The molecule has 2 N–H and O–H groups in total. The molecule has 1 aliphatic rings. The van der Waals surface area contributed by atoms with Crippen LogP contribution in [-0.2, 0) is 0 Å². The Morgan fingerprint density at radius 3 is 2.77 bits per heavy atom. The summed E-state index contributed by atoms with van der Waals surface area (Å²) < 4.78 is 0. The molecule has 0 aromatic heterocycles. The largest absolute Gasteiger partial charge is 0.309 e. The van der Waals surface area contributed by atoms with Crippen molar-refractivity contribution in [2.45, 2.75) is 46.0 Å². The number of allylic oxidation sites excluding steroid dienone is 1. The molecule has 0 spiro atoms. The fraction of sp³-hybridized carbons (Fsp3) is 0.800. The topological polar surface area (TPSA) is 27.3 Å². The summed E-state index contributed by atoms with van der Waals surface area (Å²) in [6, 6.07) is 0. The van der Waals surface area contributed by atoms with Crippen LogP contribution in [0.25, 0.3) is 0 Å². The van der Waals surface area contributed by atoms with Gasteiger partial charge >= 0.3 is 0 Å². The van der Waals surface area contributed by atoms with Crippen molar-refractivity contribution in [3.63, 3.8) is 0 Å². The summed E-state index contributed by atoms with van der Waals surface area (Å²) in [6.07, 6.45) is 8.37. The summed E-state index contributed by atoms with van der Waals surface area (Å²) in [5, 5.41) is 2.20. The lowest BCUT2D eigenvalue weighted by Crippen LogP contribution is -2.37. The molecule has 13 heavy (non-hydrogen) atoms. The van der Waals surface area contributed by atoms with E-state index in [1.807, 2.05) is 0 Å². The first-order chi connectivity index (χ1) is 6.38. The van der Waals surface area contributed by atoms with Gasteiger partial charge in [-0.05, 0) is 19.3 Å². The summed E-state index contributed by atoms with van der Waals surface area (Å²) in [5.41, 5.74) is 7.57. The van der Waals surface area contributed by atoms with Crippen molar-refractivity contribution in [3.05, 3.63) is 11.9 Å². The van der Waals surface area contributed by atoms with E-state index in [0.29, 0.717) is 0 Å². The van der Waals surface area contributed by atoms with Gasteiger partial charge in [-0.2, -0.15) is 0 Å². The zero-order valence-corrected chi connectivity index (χ0v) is 8.77. The van der Waals surface area contributed by atoms with Crippen LogP contribution in [0.3, 0.4) is 0 Å². The van der Waals surface area contributed by atoms with Gasteiger partial charge < -0.3 is 5.43 Å².